The molecule has 1 aromatic carbocycles. The van der Waals surface area contributed by atoms with E-state index < -0.39 is 0 Å². The second-order valence-electron chi connectivity index (χ2n) is 2.87. The van der Waals surface area contributed by atoms with E-state index in [1.807, 2.05) is 44.2 Å². The predicted octanol–water partition coefficient (Wildman–Crippen LogP) is 2.64. The van der Waals surface area contributed by atoms with Gasteiger partial charge in [-0.3, -0.25) is 0 Å². The predicted molar refractivity (Wildman–Crippen MR) is 49.8 cm³/mol. The Morgan fingerprint density at radius 3 is 2.42 bits per heavy atom. The molecule has 0 heterocycles. The molecule has 1 unspecified atom stereocenters. The number of nitrogens with zero attached hydrogens (tertiary/aromatic N) is 1. The normalized spacial score (nSPS) is 14.3. The van der Waals surface area contributed by atoms with E-state index in [1.165, 1.54) is 5.56 Å². The first-order chi connectivity index (χ1) is 5.75. The first-order valence-electron chi connectivity index (χ1n) is 3.99. The lowest BCUT2D eigenvalue weighted by molar-refractivity contribution is 0.316. The van der Waals surface area contributed by atoms with Gasteiger partial charge in [-0.15, -0.1) is 0 Å². The number of benzene rings is 1. The minimum absolute atomic E-state index is 0.191. The van der Waals surface area contributed by atoms with Crippen molar-refractivity contribution < 1.29 is 5.21 Å². The van der Waals surface area contributed by atoms with Gasteiger partial charge < -0.3 is 5.21 Å². The average molecular weight is 163 g/mol. The van der Waals surface area contributed by atoms with Crippen LogP contribution in [0.1, 0.15) is 25.3 Å². The van der Waals surface area contributed by atoms with Gasteiger partial charge in [-0.05, 0) is 12.5 Å². The van der Waals surface area contributed by atoms with Crippen molar-refractivity contribution in [1.29, 1.82) is 0 Å². The summed E-state index contributed by atoms with van der Waals surface area (Å²) in [5, 5.41) is 11.7. The molecule has 0 bridgehead atoms. The molecular formula is C10H13NO. The smallest absolute Gasteiger partial charge is 0.0611 e. The van der Waals surface area contributed by atoms with Crippen molar-refractivity contribution in [1.82, 2.24) is 0 Å². The van der Waals surface area contributed by atoms with Gasteiger partial charge in [-0.25, -0.2) is 0 Å². The van der Waals surface area contributed by atoms with Crippen molar-refractivity contribution in [3.05, 3.63) is 35.9 Å². The van der Waals surface area contributed by atoms with Crippen LogP contribution in [-0.4, -0.2) is 10.9 Å². The van der Waals surface area contributed by atoms with Crippen molar-refractivity contribution in [2.24, 2.45) is 5.16 Å². The molecule has 0 aliphatic rings. The van der Waals surface area contributed by atoms with Crippen LogP contribution in [0.25, 0.3) is 0 Å². The lowest BCUT2D eigenvalue weighted by atomic mass is 9.97. The van der Waals surface area contributed by atoms with E-state index in [0.29, 0.717) is 0 Å². The zero-order valence-electron chi connectivity index (χ0n) is 7.36. The SMILES string of the molecule is CC(=NO)C(C)c1ccccc1. The summed E-state index contributed by atoms with van der Waals surface area (Å²) in [6, 6.07) is 9.99. The standard InChI is InChI=1S/C10H13NO/c1-8(9(2)11-12)10-6-4-3-5-7-10/h3-8,12H,1-2H3. The molecule has 1 rings (SSSR count). The fourth-order valence-corrected chi connectivity index (χ4v) is 1.07. The summed E-state index contributed by atoms with van der Waals surface area (Å²) in [6.45, 7) is 3.84. The molecule has 0 aliphatic carbocycles. The Hall–Kier alpha value is -1.31. The number of hydrogen-bond donors (Lipinski definition) is 1. The lowest BCUT2D eigenvalue weighted by Crippen LogP contribution is -2.04. The maximum absolute atomic E-state index is 8.55. The summed E-state index contributed by atoms with van der Waals surface area (Å²) in [5.74, 6) is 0.191. The molecule has 1 atom stereocenters. The molecule has 0 fully saturated rings. The summed E-state index contributed by atoms with van der Waals surface area (Å²) < 4.78 is 0. The van der Waals surface area contributed by atoms with E-state index in [0.717, 1.165) is 5.71 Å². The Morgan fingerprint density at radius 1 is 1.33 bits per heavy atom. The van der Waals surface area contributed by atoms with E-state index in [2.05, 4.69) is 5.16 Å². The molecule has 1 N–H and O–H groups in total. The summed E-state index contributed by atoms with van der Waals surface area (Å²) in [6.07, 6.45) is 0. The number of oxime groups is 1. The van der Waals surface area contributed by atoms with Gasteiger partial charge >= 0.3 is 0 Å². The average Bonchev–Trinajstić information content (AvgIpc) is 2.17. The molecule has 0 spiro atoms. The first-order valence-corrected chi connectivity index (χ1v) is 3.99. The quantitative estimate of drug-likeness (QED) is 0.405. The third kappa shape index (κ3) is 1.84. The van der Waals surface area contributed by atoms with E-state index >= 15 is 0 Å². The molecule has 1 aromatic rings. The van der Waals surface area contributed by atoms with E-state index in [1.54, 1.807) is 0 Å². The highest BCUT2D eigenvalue weighted by atomic mass is 16.4. The minimum Gasteiger partial charge on any atom is -0.411 e. The Morgan fingerprint density at radius 2 is 1.92 bits per heavy atom. The minimum atomic E-state index is 0.191. The zero-order valence-corrected chi connectivity index (χ0v) is 7.36. The molecule has 0 saturated carbocycles. The Labute approximate surface area is 72.5 Å². The van der Waals surface area contributed by atoms with Crippen molar-refractivity contribution in [2.75, 3.05) is 0 Å². The number of hydrogen-bond acceptors (Lipinski definition) is 2. The highest BCUT2D eigenvalue weighted by Crippen LogP contribution is 2.15. The molecule has 0 amide bonds. The van der Waals surface area contributed by atoms with Crippen molar-refractivity contribution in [3.8, 4) is 0 Å². The van der Waals surface area contributed by atoms with Crippen LogP contribution in [0, 0.1) is 0 Å². The van der Waals surface area contributed by atoms with Crippen molar-refractivity contribution >= 4 is 5.71 Å². The summed E-state index contributed by atoms with van der Waals surface area (Å²) >= 11 is 0. The molecular weight excluding hydrogens is 150 g/mol. The topological polar surface area (TPSA) is 32.6 Å². The van der Waals surface area contributed by atoms with Gasteiger partial charge in [0, 0.05) is 5.92 Å². The van der Waals surface area contributed by atoms with Gasteiger partial charge in [0.05, 0.1) is 5.71 Å². The van der Waals surface area contributed by atoms with Crippen LogP contribution in [0.2, 0.25) is 0 Å². The van der Waals surface area contributed by atoms with Crippen LogP contribution < -0.4 is 0 Å². The van der Waals surface area contributed by atoms with Gasteiger partial charge in [0.1, 0.15) is 0 Å². The summed E-state index contributed by atoms with van der Waals surface area (Å²) in [7, 11) is 0. The summed E-state index contributed by atoms with van der Waals surface area (Å²) in [5.41, 5.74) is 1.91. The van der Waals surface area contributed by atoms with E-state index in [9.17, 15) is 0 Å². The van der Waals surface area contributed by atoms with Crippen LogP contribution >= 0.6 is 0 Å². The van der Waals surface area contributed by atoms with Gasteiger partial charge in [0.15, 0.2) is 0 Å². The van der Waals surface area contributed by atoms with Crippen molar-refractivity contribution in [2.45, 2.75) is 19.8 Å². The van der Waals surface area contributed by atoms with Gasteiger partial charge in [-0.2, -0.15) is 0 Å². The van der Waals surface area contributed by atoms with Crippen LogP contribution in [0.5, 0.6) is 0 Å². The molecule has 0 aromatic heterocycles. The van der Waals surface area contributed by atoms with E-state index in [4.69, 9.17) is 5.21 Å². The molecule has 0 aliphatic heterocycles. The van der Waals surface area contributed by atoms with Gasteiger partial charge in [0.2, 0.25) is 0 Å². The van der Waals surface area contributed by atoms with Crippen LogP contribution in [0.4, 0.5) is 0 Å². The van der Waals surface area contributed by atoms with Gasteiger partial charge in [0.25, 0.3) is 0 Å². The maximum Gasteiger partial charge on any atom is 0.0611 e. The van der Waals surface area contributed by atoms with Gasteiger partial charge in [-0.1, -0.05) is 42.4 Å². The molecule has 12 heavy (non-hydrogen) atoms. The maximum atomic E-state index is 8.55. The summed E-state index contributed by atoms with van der Waals surface area (Å²) in [4.78, 5) is 0. The highest BCUT2D eigenvalue weighted by molar-refractivity contribution is 5.87. The van der Waals surface area contributed by atoms with Crippen molar-refractivity contribution in [3.63, 3.8) is 0 Å². The molecule has 0 saturated heterocycles. The fraction of sp³-hybridized carbons (Fsp3) is 0.300. The molecule has 2 nitrogen and oxygen atoms in total. The van der Waals surface area contributed by atoms with Crippen LogP contribution in [0.15, 0.2) is 35.5 Å². The first kappa shape index (κ1) is 8.78. The zero-order chi connectivity index (χ0) is 8.97. The van der Waals surface area contributed by atoms with E-state index in [-0.39, 0.29) is 5.92 Å². The largest absolute Gasteiger partial charge is 0.411 e. The Kier molecular flexibility index (Phi) is 2.86. The monoisotopic (exact) mass is 163 g/mol. The molecule has 2 heteroatoms. The fourth-order valence-electron chi connectivity index (χ4n) is 1.07. The number of rotatable bonds is 2. The second kappa shape index (κ2) is 3.90. The molecule has 0 radical (unpaired) electrons. The lowest BCUT2D eigenvalue weighted by Gasteiger charge is -2.08. The highest BCUT2D eigenvalue weighted by Gasteiger charge is 2.07. The third-order valence-corrected chi connectivity index (χ3v) is 2.08. The molecule has 64 valence electrons. The van der Waals surface area contributed by atoms with Crippen LogP contribution in [0.3, 0.4) is 0 Å². The Balaban J connectivity index is 2.86. The van der Waals surface area contributed by atoms with Crippen LogP contribution in [-0.2, 0) is 0 Å². The Bertz CT molecular complexity index is 266. The third-order valence-electron chi connectivity index (χ3n) is 2.08. The second-order valence-corrected chi connectivity index (χ2v) is 2.87.